The minimum atomic E-state index is -0.495. The van der Waals surface area contributed by atoms with Gasteiger partial charge in [-0.15, -0.1) is 0 Å². The fraction of sp³-hybridized carbons (Fsp3) is 0.500. The van der Waals surface area contributed by atoms with Gasteiger partial charge in [-0.1, -0.05) is 0 Å². The predicted molar refractivity (Wildman–Crippen MR) is 42.6 cm³/mol. The van der Waals surface area contributed by atoms with Gasteiger partial charge in [-0.25, -0.2) is 0 Å². The zero-order valence-electron chi connectivity index (χ0n) is 6.73. The number of hydrogen-bond acceptors (Lipinski definition) is 4. The average molecular weight is 170 g/mol. The molecule has 12 heavy (non-hydrogen) atoms. The van der Waals surface area contributed by atoms with Crippen LogP contribution in [0, 0.1) is 10.1 Å². The Balaban J connectivity index is 3.03. The molecule has 66 valence electrons. The molecule has 0 atom stereocenters. The Morgan fingerprint density at radius 2 is 2.50 bits per heavy atom. The summed E-state index contributed by atoms with van der Waals surface area (Å²) in [5, 5.41) is 10.4. The van der Waals surface area contributed by atoms with Crippen LogP contribution in [0.5, 0.6) is 0 Å². The van der Waals surface area contributed by atoms with E-state index in [9.17, 15) is 10.1 Å². The largest absolute Gasteiger partial charge is 0.384 e. The first-order chi connectivity index (χ1) is 5.66. The molecule has 0 aromatic carbocycles. The molecule has 6 nitrogen and oxygen atoms in total. The maximum atomic E-state index is 10.4. The van der Waals surface area contributed by atoms with Crippen LogP contribution >= 0.6 is 0 Å². The molecule has 2 N–H and O–H groups in total. The van der Waals surface area contributed by atoms with Gasteiger partial charge in [0.25, 0.3) is 0 Å². The van der Waals surface area contributed by atoms with E-state index in [2.05, 4.69) is 4.98 Å². The molecule has 0 radical (unpaired) electrons. The quantitative estimate of drug-likeness (QED) is 0.504. The summed E-state index contributed by atoms with van der Waals surface area (Å²) >= 11 is 0. The maximum absolute atomic E-state index is 10.4. The first kappa shape index (κ1) is 8.66. The number of hydrogen-bond donors (Lipinski definition) is 1. The number of nitrogens with zero attached hydrogens (tertiary/aromatic N) is 3. The van der Waals surface area contributed by atoms with Crippen LogP contribution in [0.4, 0.5) is 5.82 Å². The molecule has 0 aliphatic heterocycles. The second-order valence-electron chi connectivity index (χ2n) is 2.42. The van der Waals surface area contributed by atoms with E-state index in [1.165, 1.54) is 6.33 Å². The van der Waals surface area contributed by atoms with Crippen LogP contribution in [0.3, 0.4) is 0 Å². The molecular weight excluding hydrogens is 160 g/mol. The maximum Gasteiger partial charge on any atom is 0.384 e. The van der Waals surface area contributed by atoms with Crippen LogP contribution in [0.15, 0.2) is 6.33 Å². The molecule has 1 aromatic heterocycles. The van der Waals surface area contributed by atoms with Crippen molar-refractivity contribution in [3.63, 3.8) is 0 Å². The Bertz CT molecular complexity index is 294. The zero-order valence-corrected chi connectivity index (χ0v) is 6.73. The number of rotatable bonds is 3. The molecular formula is C6H10N4O2. The van der Waals surface area contributed by atoms with E-state index in [-0.39, 0.29) is 5.82 Å². The molecule has 1 rings (SSSR count). The third kappa shape index (κ3) is 1.42. The summed E-state index contributed by atoms with van der Waals surface area (Å²) in [6, 6.07) is 0. The molecule has 0 fully saturated rings. The second kappa shape index (κ2) is 3.31. The fourth-order valence-corrected chi connectivity index (χ4v) is 1.02. The highest BCUT2D eigenvalue weighted by Crippen LogP contribution is 2.14. The molecule has 0 aliphatic rings. The fourth-order valence-electron chi connectivity index (χ4n) is 1.02. The van der Waals surface area contributed by atoms with Gasteiger partial charge in [0.05, 0.1) is 0 Å². The summed E-state index contributed by atoms with van der Waals surface area (Å²) in [7, 11) is 1.71. The van der Waals surface area contributed by atoms with Gasteiger partial charge in [0.15, 0.2) is 0 Å². The zero-order chi connectivity index (χ0) is 9.14. The molecule has 0 saturated carbocycles. The molecule has 0 unspecified atom stereocenters. The van der Waals surface area contributed by atoms with E-state index in [1.807, 2.05) is 0 Å². The summed E-state index contributed by atoms with van der Waals surface area (Å²) in [4.78, 5) is 13.5. The van der Waals surface area contributed by atoms with Crippen molar-refractivity contribution in [2.75, 3.05) is 6.54 Å². The molecule has 1 heterocycles. The molecule has 0 spiro atoms. The highest BCUT2D eigenvalue weighted by molar-refractivity contribution is 5.27. The van der Waals surface area contributed by atoms with Crippen molar-refractivity contribution in [3.8, 4) is 0 Å². The summed E-state index contributed by atoms with van der Waals surface area (Å²) < 4.78 is 1.62. The normalized spacial score (nSPS) is 10.2. The molecule has 0 saturated heterocycles. The van der Waals surface area contributed by atoms with E-state index >= 15 is 0 Å². The first-order valence-electron chi connectivity index (χ1n) is 3.51. The van der Waals surface area contributed by atoms with Crippen LogP contribution < -0.4 is 5.73 Å². The van der Waals surface area contributed by atoms with Crippen molar-refractivity contribution in [1.82, 2.24) is 9.55 Å². The number of nitro groups is 1. The number of imidazole rings is 1. The SMILES string of the molecule is Cn1cnc([N+](=O)[O-])c1CCN. The number of aromatic nitrogens is 2. The van der Waals surface area contributed by atoms with E-state index in [1.54, 1.807) is 11.6 Å². The van der Waals surface area contributed by atoms with E-state index in [0.717, 1.165) is 0 Å². The molecule has 6 heteroatoms. The minimum Gasteiger partial charge on any atom is -0.358 e. The Morgan fingerprint density at radius 1 is 1.83 bits per heavy atom. The van der Waals surface area contributed by atoms with Crippen LogP contribution in [0.2, 0.25) is 0 Å². The van der Waals surface area contributed by atoms with Crippen molar-refractivity contribution in [2.45, 2.75) is 6.42 Å². The van der Waals surface area contributed by atoms with Crippen molar-refractivity contribution in [2.24, 2.45) is 12.8 Å². The standard InChI is InChI=1S/C6H10N4O2/c1-9-4-8-6(10(11)12)5(9)2-3-7/h4H,2-3,7H2,1H3. The van der Waals surface area contributed by atoms with Gasteiger partial charge in [0.2, 0.25) is 6.33 Å². The monoisotopic (exact) mass is 170 g/mol. The summed E-state index contributed by atoms with van der Waals surface area (Å²) in [6.45, 7) is 0.389. The Morgan fingerprint density at radius 3 is 3.00 bits per heavy atom. The van der Waals surface area contributed by atoms with Gasteiger partial charge >= 0.3 is 5.82 Å². The lowest BCUT2D eigenvalue weighted by atomic mass is 10.3. The molecule has 0 amide bonds. The smallest absolute Gasteiger partial charge is 0.358 e. The van der Waals surface area contributed by atoms with Crippen LogP contribution in [0.1, 0.15) is 5.69 Å². The van der Waals surface area contributed by atoms with Gasteiger partial charge in [-0.3, -0.25) is 0 Å². The van der Waals surface area contributed by atoms with Gasteiger partial charge in [0.1, 0.15) is 5.69 Å². The number of aryl methyl sites for hydroxylation is 1. The third-order valence-corrected chi connectivity index (χ3v) is 1.59. The lowest BCUT2D eigenvalue weighted by Crippen LogP contribution is -2.08. The van der Waals surface area contributed by atoms with Crippen LogP contribution in [-0.2, 0) is 13.5 Å². The van der Waals surface area contributed by atoms with E-state index < -0.39 is 4.92 Å². The van der Waals surface area contributed by atoms with Gasteiger partial charge < -0.3 is 20.4 Å². The summed E-state index contributed by atoms with van der Waals surface area (Å²) in [5.74, 6) is -0.0945. The number of nitrogens with two attached hydrogens (primary N) is 1. The lowest BCUT2D eigenvalue weighted by molar-refractivity contribution is -0.390. The lowest BCUT2D eigenvalue weighted by Gasteiger charge is -1.97. The van der Waals surface area contributed by atoms with Gasteiger partial charge in [0, 0.05) is 13.5 Å². The topological polar surface area (TPSA) is 87.0 Å². The van der Waals surface area contributed by atoms with Crippen molar-refractivity contribution >= 4 is 5.82 Å². The van der Waals surface area contributed by atoms with Crippen LogP contribution in [-0.4, -0.2) is 21.0 Å². The van der Waals surface area contributed by atoms with Crippen molar-refractivity contribution in [3.05, 3.63) is 22.1 Å². The third-order valence-electron chi connectivity index (χ3n) is 1.59. The summed E-state index contributed by atoms with van der Waals surface area (Å²) in [5.41, 5.74) is 5.87. The summed E-state index contributed by atoms with van der Waals surface area (Å²) in [6.07, 6.45) is 1.90. The predicted octanol–water partition coefficient (Wildman–Crippen LogP) is -0.170. The average Bonchev–Trinajstić information content (AvgIpc) is 2.34. The highest BCUT2D eigenvalue weighted by Gasteiger charge is 2.18. The Labute approximate surface area is 69.2 Å². The van der Waals surface area contributed by atoms with E-state index in [0.29, 0.717) is 18.7 Å². The first-order valence-corrected chi connectivity index (χ1v) is 3.51. The van der Waals surface area contributed by atoms with Gasteiger partial charge in [-0.2, -0.15) is 0 Å². The minimum absolute atomic E-state index is 0.0945. The van der Waals surface area contributed by atoms with Crippen LogP contribution in [0.25, 0.3) is 0 Å². The van der Waals surface area contributed by atoms with Gasteiger partial charge in [-0.05, 0) is 16.5 Å². The Kier molecular flexibility index (Phi) is 2.39. The van der Waals surface area contributed by atoms with Crippen molar-refractivity contribution in [1.29, 1.82) is 0 Å². The Hall–Kier alpha value is -1.43. The second-order valence-corrected chi connectivity index (χ2v) is 2.42. The van der Waals surface area contributed by atoms with E-state index in [4.69, 9.17) is 5.73 Å². The molecule has 1 aromatic rings. The molecule has 0 bridgehead atoms. The van der Waals surface area contributed by atoms with Crippen molar-refractivity contribution < 1.29 is 4.92 Å². The molecule has 0 aliphatic carbocycles. The highest BCUT2D eigenvalue weighted by atomic mass is 16.6.